The Labute approximate surface area is 145 Å². The summed E-state index contributed by atoms with van der Waals surface area (Å²) in [6, 6.07) is 12.9. The molecule has 2 aromatic carbocycles. The summed E-state index contributed by atoms with van der Waals surface area (Å²) in [4.78, 5) is 12.5. The lowest BCUT2D eigenvalue weighted by Crippen LogP contribution is -2.23. The Morgan fingerprint density at radius 1 is 1.10 bits per heavy atom. The van der Waals surface area contributed by atoms with E-state index in [9.17, 15) is 4.79 Å². The highest BCUT2D eigenvalue weighted by molar-refractivity contribution is 9.11. The molecule has 0 aliphatic rings. The molecule has 21 heavy (non-hydrogen) atoms. The van der Waals surface area contributed by atoms with E-state index in [0.717, 1.165) is 20.1 Å². The van der Waals surface area contributed by atoms with Crippen molar-refractivity contribution >= 4 is 55.0 Å². The second-order valence-corrected chi connectivity index (χ2v) is 6.68. The first-order valence-corrected chi connectivity index (χ1v) is 8.08. The van der Waals surface area contributed by atoms with E-state index in [-0.39, 0.29) is 5.91 Å². The number of benzene rings is 2. The van der Waals surface area contributed by atoms with Gasteiger partial charge in [-0.05, 0) is 29.8 Å². The molecule has 0 spiro atoms. The molecule has 3 nitrogen and oxygen atoms in total. The van der Waals surface area contributed by atoms with Crippen molar-refractivity contribution in [3.05, 3.63) is 68.1 Å². The molecule has 0 heterocycles. The van der Waals surface area contributed by atoms with Gasteiger partial charge in [0.25, 0.3) is 5.91 Å². The van der Waals surface area contributed by atoms with E-state index in [4.69, 9.17) is 18.0 Å². The average Bonchev–Trinajstić information content (AvgIpc) is 2.44. The van der Waals surface area contributed by atoms with Gasteiger partial charge in [-0.3, -0.25) is 4.79 Å². The molecule has 0 bridgehead atoms. The summed E-state index contributed by atoms with van der Waals surface area (Å²) in [7, 11) is 0. The van der Waals surface area contributed by atoms with Crippen LogP contribution in [-0.2, 0) is 6.54 Å². The number of amides is 1. The van der Waals surface area contributed by atoms with Gasteiger partial charge < -0.3 is 11.1 Å². The van der Waals surface area contributed by atoms with Crippen LogP contribution in [0.3, 0.4) is 0 Å². The van der Waals surface area contributed by atoms with Crippen molar-refractivity contribution in [3.8, 4) is 0 Å². The molecule has 0 radical (unpaired) electrons. The topological polar surface area (TPSA) is 55.1 Å². The van der Waals surface area contributed by atoms with Crippen LogP contribution < -0.4 is 11.1 Å². The molecule has 0 saturated heterocycles. The van der Waals surface area contributed by atoms with Crippen LogP contribution in [0.25, 0.3) is 0 Å². The molecule has 6 heteroatoms. The number of halogens is 2. The summed E-state index contributed by atoms with van der Waals surface area (Å²) >= 11 is 11.7. The Morgan fingerprint density at radius 2 is 1.76 bits per heavy atom. The van der Waals surface area contributed by atoms with Crippen LogP contribution in [-0.4, -0.2) is 10.9 Å². The van der Waals surface area contributed by atoms with Crippen LogP contribution in [0.1, 0.15) is 21.5 Å². The van der Waals surface area contributed by atoms with Crippen molar-refractivity contribution in [3.63, 3.8) is 0 Å². The molecule has 1 amide bonds. The first-order valence-electron chi connectivity index (χ1n) is 6.09. The summed E-state index contributed by atoms with van der Waals surface area (Å²) < 4.78 is 1.69. The first-order chi connectivity index (χ1) is 9.95. The van der Waals surface area contributed by atoms with Gasteiger partial charge in [-0.1, -0.05) is 62.3 Å². The molecule has 0 saturated carbocycles. The van der Waals surface area contributed by atoms with E-state index in [1.807, 2.05) is 30.3 Å². The van der Waals surface area contributed by atoms with Crippen LogP contribution in [0.4, 0.5) is 0 Å². The Hall–Kier alpha value is -1.24. The quantitative estimate of drug-likeness (QED) is 0.730. The van der Waals surface area contributed by atoms with E-state index in [0.29, 0.717) is 17.1 Å². The maximum absolute atomic E-state index is 12.1. The van der Waals surface area contributed by atoms with Gasteiger partial charge in [0.2, 0.25) is 0 Å². The Bertz CT molecular complexity index is 684. The molecule has 3 N–H and O–H groups in total. The molecule has 0 fully saturated rings. The lowest BCUT2D eigenvalue weighted by atomic mass is 10.1. The third-order valence-electron chi connectivity index (χ3n) is 2.79. The van der Waals surface area contributed by atoms with Gasteiger partial charge in [0.1, 0.15) is 4.99 Å². The number of thiocarbonyl (C=S) groups is 1. The zero-order valence-electron chi connectivity index (χ0n) is 10.9. The normalized spacial score (nSPS) is 10.2. The lowest BCUT2D eigenvalue weighted by molar-refractivity contribution is 0.0951. The zero-order chi connectivity index (χ0) is 15.4. The highest BCUT2D eigenvalue weighted by Gasteiger charge is 2.07. The maximum Gasteiger partial charge on any atom is 0.251 e. The van der Waals surface area contributed by atoms with Gasteiger partial charge in [-0.15, -0.1) is 0 Å². The number of nitrogens with two attached hydrogens (primary N) is 1. The van der Waals surface area contributed by atoms with Gasteiger partial charge in [-0.2, -0.15) is 0 Å². The van der Waals surface area contributed by atoms with Crippen molar-refractivity contribution < 1.29 is 4.79 Å². The van der Waals surface area contributed by atoms with Gasteiger partial charge in [0.05, 0.1) is 0 Å². The molecule has 0 aliphatic heterocycles. The second-order valence-electron chi connectivity index (χ2n) is 4.41. The SMILES string of the molecule is NC(=S)c1cccc(CNC(=O)c2cc(Br)cc(Br)c2)c1. The predicted octanol–water partition coefficient (Wildman–Crippen LogP) is 3.78. The number of rotatable bonds is 4. The summed E-state index contributed by atoms with van der Waals surface area (Å²) in [6.07, 6.45) is 0. The van der Waals surface area contributed by atoms with Crippen molar-refractivity contribution in [1.29, 1.82) is 0 Å². The zero-order valence-corrected chi connectivity index (χ0v) is 14.9. The first kappa shape index (κ1) is 16.1. The molecule has 0 unspecified atom stereocenters. The largest absolute Gasteiger partial charge is 0.389 e. The van der Waals surface area contributed by atoms with Gasteiger partial charge >= 0.3 is 0 Å². The molecule has 0 atom stereocenters. The van der Waals surface area contributed by atoms with Crippen LogP contribution in [0.15, 0.2) is 51.4 Å². The van der Waals surface area contributed by atoms with E-state index in [2.05, 4.69) is 37.2 Å². The highest BCUT2D eigenvalue weighted by Crippen LogP contribution is 2.20. The Kier molecular flexibility index (Phi) is 5.50. The molecule has 2 aromatic rings. The lowest BCUT2D eigenvalue weighted by Gasteiger charge is -2.08. The van der Waals surface area contributed by atoms with Gasteiger partial charge in [0, 0.05) is 26.6 Å². The third kappa shape index (κ3) is 4.62. The summed E-state index contributed by atoms with van der Waals surface area (Å²) in [6.45, 7) is 0.416. The van der Waals surface area contributed by atoms with E-state index in [1.165, 1.54) is 0 Å². The van der Waals surface area contributed by atoms with Crippen molar-refractivity contribution in [2.24, 2.45) is 5.73 Å². The maximum atomic E-state index is 12.1. The van der Waals surface area contributed by atoms with E-state index >= 15 is 0 Å². The second kappa shape index (κ2) is 7.15. The molecule has 0 aliphatic carbocycles. The smallest absolute Gasteiger partial charge is 0.251 e. The summed E-state index contributed by atoms with van der Waals surface area (Å²) in [5.74, 6) is -0.141. The highest BCUT2D eigenvalue weighted by atomic mass is 79.9. The van der Waals surface area contributed by atoms with E-state index < -0.39 is 0 Å². The number of hydrogen-bond acceptors (Lipinski definition) is 2. The van der Waals surface area contributed by atoms with Crippen LogP contribution in [0.2, 0.25) is 0 Å². The van der Waals surface area contributed by atoms with Crippen molar-refractivity contribution in [2.45, 2.75) is 6.54 Å². The summed E-state index contributed by atoms with van der Waals surface area (Å²) in [5, 5.41) is 2.87. The Balaban J connectivity index is 2.07. The fourth-order valence-corrected chi connectivity index (χ4v) is 3.22. The fourth-order valence-electron chi connectivity index (χ4n) is 1.80. The van der Waals surface area contributed by atoms with Crippen molar-refractivity contribution in [1.82, 2.24) is 5.32 Å². The number of carbonyl (C=O) groups excluding carboxylic acids is 1. The number of hydrogen-bond donors (Lipinski definition) is 2. The minimum atomic E-state index is -0.141. The van der Waals surface area contributed by atoms with Crippen LogP contribution in [0.5, 0.6) is 0 Å². The van der Waals surface area contributed by atoms with Crippen LogP contribution >= 0.6 is 44.1 Å². The standard InChI is InChI=1S/C15H12Br2N2OS/c16-12-5-11(6-13(17)7-12)15(20)19-8-9-2-1-3-10(4-9)14(18)21/h1-7H,8H2,(H2,18,21)(H,19,20). The van der Waals surface area contributed by atoms with Crippen LogP contribution in [0, 0.1) is 0 Å². The molecular formula is C15H12Br2N2OS. The molecular weight excluding hydrogens is 416 g/mol. The Morgan fingerprint density at radius 3 is 2.38 bits per heavy atom. The molecule has 108 valence electrons. The number of carbonyl (C=O) groups is 1. The fraction of sp³-hybridized carbons (Fsp3) is 0.0667. The minimum absolute atomic E-state index is 0.141. The number of nitrogens with one attached hydrogen (secondary N) is 1. The van der Waals surface area contributed by atoms with Crippen molar-refractivity contribution in [2.75, 3.05) is 0 Å². The van der Waals surface area contributed by atoms with Gasteiger partial charge in [0.15, 0.2) is 0 Å². The monoisotopic (exact) mass is 426 g/mol. The molecule has 2 rings (SSSR count). The third-order valence-corrected chi connectivity index (χ3v) is 3.94. The van der Waals surface area contributed by atoms with Gasteiger partial charge in [-0.25, -0.2) is 0 Å². The average molecular weight is 428 g/mol. The summed E-state index contributed by atoms with van der Waals surface area (Å²) in [5.41, 5.74) is 7.92. The molecule has 0 aromatic heterocycles. The van der Waals surface area contributed by atoms with E-state index in [1.54, 1.807) is 12.1 Å². The predicted molar refractivity (Wildman–Crippen MR) is 95.3 cm³/mol. The minimum Gasteiger partial charge on any atom is -0.389 e.